The fourth-order valence-corrected chi connectivity index (χ4v) is 3.78. The number of aromatic carboxylic acids is 1. The molecule has 5 heteroatoms. The minimum atomic E-state index is -0.989. The number of aromatic nitrogens is 2. The van der Waals surface area contributed by atoms with Crippen molar-refractivity contribution in [1.29, 1.82) is 0 Å². The van der Waals surface area contributed by atoms with Crippen molar-refractivity contribution >= 4 is 39.8 Å². The Bertz CT molecular complexity index is 1460. The number of carbonyl (C=O) groups is 1. The van der Waals surface area contributed by atoms with Gasteiger partial charge in [-0.15, -0.1) is 35.9 Å². The number of nitrogens with zero attached hydrogens (tertiary/aromatic N) is 2. The van der Waals surface area contributed by atoms with Gasteiger partial charge in [0, 0.05) is 37.1 Å². The first-order valence-electron chi connectivity index (χ1n) is 9.87. The quantitative estimate of drug-likeness (QED) is 0.246. The van der Waals surface area contributed by atoms with Crippen LogP contribution in [-0.2, 0) is 20.1 Å². The van der Waals surface area contributed by atoms with E-state index in [0.717, 1.165) is 22.2 Å². The topological polar surface area (TPSA) is 63.1 Å². The van der Waals surface area contributed by atoms with E-state index in [-0.39, 0.29) is 25.8 Å². The van der Waals surface area contributed by atoms with Crippen LogP contribution >= 0.6 is 0 Å². The third-order valence-electron chi connectivity index (χ3n) is 5.20. The van der Waals surface area contributed by atoms with Crippen LogP contribution < -0.4 is 0 Å². The molecule has 5 aromatic rings. The number of benzene rings is 3. The van der Waals surface area contributed by atoms with E-state index in [4.69, 9.17) is 10.1 Å². The third-order valence-corrected chi connectivity index (χ3v) is 5.20. The van der Waals surface area contributed by atoms with Crippen molar-refractivity contribution in [3.8, 4) is 11.3 Å². The summed E-state index contributed by atoms with van der Waals surface area (Å²) in [5.41, 5.74) is 5.71. The Balaban J connectivity index is 0.000000157. The number of carboxylic acid groups (broad SMARTS) is 1. The van der Waals surface area contributed by atoms with E-state index in [1.807, 2.05) is 36.4 Å². The zero-order valence-corrected chi connectivity index (χ0v) is 19.2. The number of rotatable bonds is 2. The molecular weight excluding hydrogens is 577 g/mol. The van der Waals surface area contributed by atoms with Crippen molar-refractivity contribution in [3.63, 3.8) is 0 Å². The van der Waals surface area contributed by atoms with Crippen molar-refractivity contribution < 1.29 is 30.0 Å². The molecule has 2 aromatic heterocycles. The molecule has 0 saturated carbocycles. The van der Waals surface area contributed by atoms with Gasteiger partial charge in [-0.2, -0.15) is 0 Å². The number of hydrogen-bond acceptors (Lipinski definition) is 3. The van der Waals surface area contributed by atoms with Gasteiger partial charge in [0.2, 0.25) is 0 Å². The van der Waals surface area contributed by atoms with Crippen LogP contribution in [0.25, 0.3) is 45.1 Å². The molecule has 0 aliphatic heterocycles. The number of pyridine rings is 2. The van der Waals surface area contributed by atoms with Crippen molar-refractivity contribution in [1.82, 2.24) is 9.97 Å². The van der Waals surface area contributed by atoms with Crippen molar-refractivity contribution in [2.24, 2.45) is 0 Å². The van der Waals surface area contributed by atoms with Gasteiger partial charge in [-0.25, -0.2) is 9.78 Å². The fourth-order valence-electron chi connectivity index (χ4n) is 3.78. The van der Waals surface area contributed by atoms with Crippen LogP contribution in [0.3, 0.4) is 0 Å². The first kappa shape index (κ1) is 21.6. The summed E-state index contributed by atoms with van der Waals surface area (Å²) in [5.74, 6) is -0.989. The minimum Gasteiger partial charge on any atom is -0.476 e. The van der Waals surface area contributed by atoms with Crippen LogP contribution in [0, 0.1) is 6.07 Å². The second kappa shape index (κ2) is 9.23. The third kappa shape index (κ3) is 4.09. The van der Waals surface area contributed by atoms with Crippen LogP contribution in [0.4, 0.5) is 0 Å². The maximum absolute atomic E-state index is 10.8. The molecular formula is C27H17IrN2O2-. The second-order valence-electron chi connectivity index (χ2n) is 7.13. The van der Waals surface area contributed by atoms with Crippen LogP contribution in [0.5, 0.6) is 0 Å². The normalized spacial score (nSPS) is 11.0. The molecule has 1 aliphatic carbocycles. The summed E-state index contributed by atoms with van der Waals surface area (Å²) < 4.78 is 0. The van der Waals surface area contributed by atoms with Gasteiger partial charge in [0.25, 0.3) is 0 Å². The van der Waals surface area contributed by atoms with Crippen molar-refractivity contribution in [2.75, 3.05) is 0 Å². The van der Waals surface area contributed by atoms with Crippen LogP contribution in [0.1, 0.15) is 21.6 Å². The fraction of sp³-hybridized carbons (Fsp3) is 0. The van der Waals surface area contributed by atoms with Gasteiger partial charge in [0.05, 0.1) is 5.52 Å². The SMILES string of the molecule is O=C(O)c1nccc2ccccc12.[Ir].[c-]1ccccc1-c1cc2c3c(cccc3n1)C=C2. The zero-order valence-electron chi connectivity index (χ0n) is 16.8. The maximum atomic E-state index is 10.8. The average molecular weight is 594 g/mol. The zero-order chi connectivity index (χ0) is 21.2. The Labute approximate surface area is 198 Å². The summed E-state index contributed by atoms with van der Waals surface area (Å²) in [6.07, 6.45) is 5.81. The van der Waals surface area contributed by atoms with Gasteiger partial charge in [0.1, 0.15) is 0 Å². The van der Waals surface area contributed by atoms with Crippen molar-refractivity contribution in [2.45, 2.75) is 0 Å². The average Bonchev–Trinajstić information content (AvgIpc) is 3.24. The minimum absolute atomic E-state index is 0. The number of fused-ring (bicyclic) bond motifs is 1. The standard InChI is InChI=1S/C17H10N.C10H7NO2.Ir/c1-2-5-12(6-3-1)16-11-14-10-9-13-7-4-8-15(18-16)17(13)14;12-10(13)9-8-4-2-1-3-7(8)5-6-11-9;/h1-5,7-11H;1-6H,(H,12,13);/q-1;;. The summed E-state index contributed by atoms with van der Waals surface area (Å²) in [5, 5.41) is 11.7. The van der Waals surface area contributed by atoms with E-state index in [0.29, 0.717) is 5.39 Å². The summed E-state index contributed by atoms with van der Waals surface area (Å²) in [6.45, 7) is 0. The molecule has 0 saturated heterocycles. The number of carboxylic acids is 1. The van der Waals surface area contributed by atoms with E-state index < -0.39 is 5.97 Å². The molecule has 0 unspecified atom stereocenters. The molecule has 1 N–H and O–H groups in total. The van der Waals surface area contributed by atoms with Crippen LogP contribution in [0.2, 0.25) is 0 Å². The molecule has 1 radical (unpaired) electrons. The van der Waals surface area contributed by atoms with Gasteiger partial charge in [0.15, 0.2) is 5.69 Å². The molecule has 1 aliphatic rings. The summed E-state index contributed by atoms with van der Waals surface area (Å²) in [6, 6.07) is 28.7. The van der Waals surface area contributed by atoms with Gasteiger partial charge >= 0.3 is 5.97 Å². The monoisotopic (exact) mass is 594 g/mol. The molecule has 0 atom stereocenters. The van der Waals surface area contributed by atoms with Gasteiger partial charge < -0.3 is 5.11 Å². The predicted octanol–water partition coefficient (Wildman–Crippen LogP) is 6.12. The molecule has 157 valence electrons. The first-order valence-corrected chi connectivity index (χ1v) is 9.87. The van der Waals surface area contributed by atoms with E-state index in [1.165, 1.54) is 22.7 Å². The summed E-state index contributed by atoms with van der Waals surface area (Å²) in [4.78, 5) is 19.3. The largest absolute Gasteiger partial charge is 0.476 e. The van der Waals surface area contributed by atoms with E-state index in [1.54, 1.807) is 18.2 Å². The first-order chi connectivity index (χ1) is 15.2. The van der Waals surface area contributed by atoms with Crippen LogP contribution in [-0.4, -0.2) is 21.0 Å². The second-order valence-corrected chi connectivity index (χ2v) is 7.13. The van der Waals surface area contributed by atoms with E-state index >= 15 is 0 Å². The Morgan fingerprint density at radius 3 is 2.50 bits per heavy atom. The molecule has 2 heterocycles. The van der Waals surface area contributed by atoms with Gasteiger partial charge in [-0.1, -0.05) is 54.6 Å². The predicted molar refractivity (Wildman–Crippen MR) is 124 cm³/mol. The maximum Gasteiger partial charge on any atom is 0.355 e. The Kier molecular flexibility index (Phi) is 6.22. The smallest absolute Gasteiger partial charge is 0.355 e. The molecule has 3 aromatic carbocycles. The Morgan fingerprint density at radius 2 is 1.69 bits per heavy atom. The molecule has 0 bridgehead atoms. The molecule has 0 spiro atoms. The van der Waals surface area contributed by atoms with E-state index in [2.05, 4.69) is 47.5 Å². The summed E-state index contributed by atoms with van der Waals surface area (Å²) >= 11 is 0. The molecule has 32 heavy (non-hydrogen) atoms. The summed E-state index contributed by atoms with van der Waals surface area (Å²) in [7, 11) is 0. The van der Waals surface area contributed by atoms with Gasteiger partial charge in [-0.05, 0) is 34.3 Å². The number of hydrogen-bond donors (Lipinski definition) is 1. The molecule has 6 rings (SSSR count). The molecule has 0 amide bonds. The molecule has 0 fully saturated rings. The van der Waals surface area contributed by atoms with Gasteiger partial charge in [-0.3, -0.25) is 4.98 Å². The Morgan fingerprint density at radius 1 is 0.875 bits per heavy atom. The van der Waals surface area contributed by atoms with Crippen LogP contribution in [0.15, 0.2) is 85.1 Å². The Hall–Kier alpha value is -3.66. The molecule has 4 nitrogen and oxygen atoms in total. The van der Waals surface area contributed by atoms with Crippen molar-refractivity contribution in [3.05, 3.63) is 108 Å². The van der Waals surface area contributed by atoms with E-state index in [9.17, 15) is 4.79 Å².